The number of amides is 1. The van der Waals surface area contributed by atoms with Crippen molar-refractivity contribution in [2.45, 2.75) is 13.8 Å². The lowest BCUT2D eigenvalue weighted by atomic mass is 10.1. The molecule has 1 N–H and O–H groups in total. The van der Waals surface area contributed by atoms with Crippen molar-refractivity contribution in [1.82, 2.24) is 15.0 Å². The molecule has 0 saturated heterocycles. The predicted octanol–water partition coefficient (Wildman–Crippen LogP) is 5.75. The Hall–Kier alpha value is -3.65. The highest BCUT2D eigenvalue weighted by atomic mass is 79.9. The number of carbonyl (C=O) groups excluding carboxylic acids is 1. The summed E-state index contributed by atoms with van der Waals surface area (Å²) in [6.45, 7) is 4.80. The smallest absolute Gasteiger partial charge is 0.255 e. The van der Waals surface area contributed by atoms with Crippen LogP contribution in [0.2, 0.25) is 0 Å². The van der Waals surface area contributed by atoms with Crippen molar-refractivity contribution in [1.29, 1.82) is 0 Å². The number of hydrogen-bond donors (Lipinski definition) is 1. The number of halogens is 1. The summed E-state index contributed by atoms with van der Waals surface area (Å²) in [6, 6.07) is 20.5. The number of rotatable bonds is 8. The van der Waals surface area contributed by atoms with E-state index in [1.54, 1.807) is 29.1 Å². The van der Waals surface area contributed by atoms with E-state index >= 15 is 0 Å². The molecule has 0 aliphatic rings. The molecule has 0 aliphatic heterocycles. The van der Waals surface area contributed by atoms with Gasteiger partial charge in [-0.1, -0.05) is 33.3 Å². The highest BCUT2D eigenvalue weighted by molar-refractivity contribution is 9.10. The molecule has 0 bridgehead atoms. The molecule has 8 heteroatoms. The summed E-state index contributed by atoms with van der Waals surface area (Å²) in [5.74, 6) is 0.937. The Morgan fingerprint density at radius 2 is 1.64 bits per heavy atom. The third-order valence-corrected chi connectivity index (χ3v) is 5.39. The Balaban J connectivity index is 1.51. The third-order valence-electron chi connectivity index (χ3n) is 4.86. The molecule has 0 atom stereocenters. The van der Waals surface area contributed by atoms with E-state index in [0.29, 0.717) is 36.0 Å². The van der Waals surface area contributed by atoms with E-state index in [2.05, 4.69) is 31.6 Å². The van der Waals surface area contributed by atoms with Crippen molar-refractivity contribution in [2.24, 2.45) is 0 Å². The summed E-state index contributed by atoms with van der Waals surface area (Å²) in [5.41, 5.74) is 3.86. The van der Waals surface area contributed by atoms with Crippen molar-refractivity contribution in [3.63, 3.8) is 0 Å². The quantitative estimate of drug-likeness (QED) is 0.329. The Morgan fingerprint density at radius 1 is 0.939 bits per heavy atom. The van der Waals surface area contributed by atoms with Crippen LogP contribution in [-0.4, -0.2) is 34.1 Å². The molecule has 1 amide bonds. The molecule has 0 unspecified atom stereocenters. The second-order valence-electron chi connectivity index (χ2n) is 7.07. The molecular formula is C25H23BrN4O3. The van der Waals surface area contributed by atoms with Crippen LogP contribution in [-0.2, 0) is 0 Å². The Morgan fingerprint density at radius 3 is 2.33 bits per heavy atom. The second kappa shape index (κ2) is 10.3. The van der Waals surface area contributed by atoms with Crippen molar-refractivity contribution in [3.8, 4) is 28.4 Å². The molecule has 1 heterocycles. The monoisotopic (exact) mass is 506 g/mol. The fraction of sp³-hybridized carbons (Fsp3) is 0.160. The topological polar surface area (TPSA) is 78.3 Å². The third kappa shape index (κ3) is 5.23. The van der Waals surface area contributed by atoms with Gasteiger partial charge in [-0.2, -0.15) is 0 Å². The summed E-state index contributed by atoms with van der Waals surface area (Å²) in [5, 5.41) is 11.2. The lowest BCUT2D eigenvalue weighted by Gasteiger charge is -2.13. The number of anilines is 1. The molecular weight excluding hydrogens is 484 g/mol. The van der Waals surface area contributed by atoms with Crippen LogP contribution in [0.3, 0.4) is 0 Å². The predicted molar refractivity (Wildman–Crippen MR) is 131 cm³/mol. The van der Waals surface area contributed by atoms with Crippen LogP contribution in [0.1, 0.15) is 24.2 Å². The average molecular weight is 507 g/mol. The van der Waals surface area contributed by atoms with Crippen LogP contribution in [0.25, 0.3) is 16.9 Å². The van der Waals surface area contributed by atoms with Gasteiger partial charge in [-0.25, -0.2) is 4.68 Å². The molecule has 3 aromatic carbocycles. The Bertz CT molecular complexity index is 1240. The zero-order valence-corrected chi connectivity index (χ0v) is 19.9. The van der Waals surface area contributed by atoms with Gasteiger partial charge in [0, 0.05) is 21.3 Å². The minimum atomic E-state index is -0.233. The number of benzene rings is 3. The van der Waals surface area contributed by atoms with E-state index in [4.69, 9.17) is 9.47 Å². The van der Waals surface area contributed by atoms with E-state index in [1.165, 1.54) is 0 Å². The first kappa shape index (κ1) is 22.5. The highest BCUT2D eigenvalue weighted by Gasteiger charge is 2.13. The van der Waals surface area contributed by atoms with Gasteiger partial charge in [0.2, 0.25) is 0 Å². The fourth-order valence-corrected chi connectivity index (χ4v) is 3.59. The van der Waals surface area contributed by atoms with E-state index in [9.17, 15) is 4.79 Å². The summed E-state index contributed by atoms with van der Waals surface area (Å²) in [7, 11) is 0. The van der Waals surface area contributed by atoms with E-state index in [-0.39, 0.29) is 5.91 Å². The standard InChI is InChI=1S/C25H23BrN4O3/c1-3-32-23-14-7-18(15-24(23)33-4-2)25(31)28-20-10-12-21(13-11-20)30-22(16-27-29-30)17-5-8-19(26)9-6-17/h5-16H,3-4H2,1-2H3,(H,28,31). The highest BCUT2D eigenvalue weighted by Crippen LogP contribution is 2.29. The van der Waals surface area contributed by atoms with Crippen molar-refractivity contribution < 1.29 is 14.3 Å². The number of nitrogens with one attached hydrogen (secondary N) is 1. The van der Waals surface area contributed by atoms with Crippen LogP contribution >= 0.6 is 15.9 Å². The van der Waals surface area contributed by atoms with Gasteiger partial charge in [0.1, 0.15) is 0 Å². The molecule has 0 saturated carbocycles. The number of ether oxygens (including phenoxy) is 2. The second-order valence-corrected chi connectivity index (χ2v) is 7.98. The van der Waals surface area contributed by atoms with Crippen molar-refractivity contribution in [2.75, 3.05) is 18.5 Å². The molecule has 0 fully saturated rings. The van der Waals surface area contributed by atoms with Crippen molar-refractivity contribution >= 4 is 27.5 Å². The van der Waals surface area contributed by atoms with Crippen LogP contribution in [0.4, 0.5) is 5.69 Å². The molecule has 7 nitrogen and oxygen atoms in total. The number of hydrogen-bond acceptors (Lipinski definition) is 5. The largest absolute Gasteiger partial charge is 0.490 e. The van der Waals surface area contributed by atoms with Gasteiger partial charge in [-0.3, -0.25) is 4.79 Å². The van der Waals surface area contributed by atoms with Gasteiger partial charge in [-0.05, 0) is 68.4 Å². The van der Waals surface area contributed by atoms with Gasteiger partial charge < -0.3 is 14.8 Å². The summed E-state index contributed by atoms with van der Waals surface area (Å²) >= 11 is 3.45. The normalized spacial score (nSPS) is 10.6. The molecule has 0 spiro atoms. The lowest BCUT2D eigenvalue weighted by Crippen LogP contribution is -2.12. The van der Waals surface area contributed by atoms with Gasteiger partial charge >= 0.3 is 0 Å². The maximum Gasteiger partial charge on any atom is 0.255 e. The Labute approximate surface area is 200 Å². The van der Waals surface area contributed by atoms with E-state index in [0.717, 1.165) is 21.4 Å². The number of aromatic nitrogens is 3. The molecule has 168 valence electrons. The fourth-order valence-electron chi connectivity index (χ4n) is 3.32. The summed E-state index contributed by atoms with van der Waals surface area (Å²) in [4.78, 5) is 12.8. The van der Waals surface area contributed by atoms with Gasteiger partial charge in [-0.15, -0.1) is 5.10 Å². The zero-order chi connectivity index (χ0) is 23.2. The van der Waals surface area contributed by atoms with Crippen LogP contribution in [0.5, 0.6) is 11.5 Å². The molecule has 4 aromatic rings. The SMILES string of the molecule is CCOc1ccc(C(=O)Nc2ccc(-n3nncc3-c3ccc(Br)cc3)cc2)cc1OCC. The Kier molecular flexibility index (Phi) is 7.04. The number of carbonyl (C=O) groups is 1. The van der Waals surface area contributed by atoms with Gasteiger partial charge in [0.25, 0.3) is 5.91 Å². The van der Waals surface area contributed by atoms with Gasteiger partial charge in [0.15, 0.2) is 11.5 Å². The van der Waals surface area contributed by atoms with Crippen molar-refractivity contribution in [3.05, 3.63) is 83.0 Å². The maximum atomic E-state index is 12.8. The summed E-state index contributed by atoms with van der Waals surface area (Å²) < 4.78 is 14.0. The number of nitrogens with zero attached hydrogens (tertiary/aromatic N) is 3. The molecule has 1 aromatic heterocycles. The van der Waals surface area contributed by atoms with E-state index in [1.807, 2.05) is 62.4 Å². The van der Waals surface area contributed by atoms with E-state index < -0.39 is 0 Å². The van der Waals surface area contributed by atoms with Crippen LogP contribution < -0.4 is 14.8 Å². The first-order valence-corrected chi connectivity index (χ1v) is 11.4. The molecule has 0 aliphatic carbocycles. The van der Waals surface area contributed by atoms with Crippen LogP contribution in [0, 0.1) is 0 Å². The molecule has 4 rings (SSSR count). The van der Waals surface area contributed by atoms with Crippen LogP contribution in [0.15, 0.2) is 77.4 Å². The molecule has 33 heavy (non-hydrogen) atoms. The zero-order valence-electron chi connectivity index (χ0n) is 18.3. The lowest BCUT2D eigenvalue weighted by molar-refractivity contribution is 0.102. The first-order chi connectivity index (χ1) is 16.1. The summed E-state index contributed by atoms with van der Waals surface area (Å²) in [6.07, 6.45) is 1.72. The minimum absolute atomic E-state index is 0.233. The van der Waals surface area contributed by atoms with Gasteiger partial charge in [0.05, 0.1) is 30.8 Å². The average Bonchev–Trinajstić information content (AvgIpc) is 3.31. The maximum absolute atomic E-state index is 12.8. The first-order valence-electron chi connectivity index (χ1n) is 10.6. The minimum Gasteiger partial charge on any atom is -0.490 e. The molecule has 0 radical (unpaired) electrons.